The Bertz CT molecular complexity index is 614. The van der Waals surface area contributed by atoms with Crippen LogP contribution in [0.2, 0.25) is 5.02 Å². The van der Waals surface area contributed by atoms with Crippen molar-refractivity contribution >= 4 is 29.2 Å². The number of rotatable bonds is 4. The third-order valence-corrected chi connectivity index (χ3v) is 5.63. The molecule has 1 aromatic rings. The second-order valence-corrected chi connectivity index (χ2v) is 7.81. The van der Waals surface area contributed by atoms with Gasteiger partial charge in [-0.3, -0.25) is 4.79 Å². The van der Waals surface area contributed by atoms with E-state index in [4.69, 9.17) is 11.6 Å². The van der Waals surface area contributed by atoms with E-state index in [1.54, 1.807) is 24.3 Å². The smallest absolute Gasteiger partial charge is 0.321 e. The van der Waals surface area contributed by atoms with Gasteiger partial charge in [-0.05, 0) is 68.7 Å². The Hall–Kier alpha value is -1.75. The number of halogens is 1. The highest BCUT2D eigenvalue weighted by molar-refractivity contribution is 6.30. The SMILES string of the molecule is O=C(CC[C@@H]1CCCN(C(=O)Nc2ccc(Cl)cc2)C1)N1CCCCC1. The number of nitrogens with zero attached hydrogens (tertiary/aromatic N) is 2. The molecule has 0 saturated carbocycles. The average Bonchev–Trinajstić information content (AvgIpc) is 2.69. The van der Waals surface area contributed by atoms with E-state index in [0.29, 0.717) is 17.4 Å². The first kappa shape index (κ1) is 19.0. The molecule has 142 valence electrons. The summed E-state index contributed by atoms with van der Waals surface area (Å²) in [6.45, 7) is 3.33. The van der Waals surface area contributed by atoms with Gasteiger partial charge < -0.3 is 15.1 Å². The Morgan fingerprint density at radius 1 is 1.00 bits per heavy atom. The van der Waals surface area contributed by atoms with Crippen LogP contribution in [-0.2, 0) is 4.79 Å². The quantitative estimate of drug-likeness (QED) is 0.846. The van der Waals surface area contributed by atoms with Gasteiger partial charge in [0.05, 0.1) is 0 Å². The molecule has 2 heterocycles. The summed E-state index contributed by atoms with van der Waals surface area (Å²) in [5, 5.41) is 3.58. The summed E-state index contributed by atoms with van der Waals surface area (Å²) < 4.78 is 0. The second kappa shape index (κ2) is 9.26. The third-order valence-electron chi connectivity index (χ3n) is 5.38. The van der Waals surface area contributed by atoms with Gasteiger partial charge in [-0.15, -0.1) is 0 Å². The molecule has 2 saturated heterocycles. The largest absolute Gasteiger partial charge is 0.343 e. The molecule has 3 amide bonds. The molecule has 2 aliphatic rings. The minimum absolute atomic E-state index is 0.0700. The predicted molar refractivity (Wildman–Crippen MR) is 104 cm³/mol. The summed E-state index contributed by atoms with van der Waals surface area (Å²) >= 11 is 5.88. The Balaban J connectivity index is 1.45. The molecule has 0 spiro atoms. The molecule has 1 N–H and O–H groups in total. The van der Waals surface area contributed by atoms with Crippen LogP contribution < -0.4 is 5.32 Å². The van der Waals surface area contributed by atoms with Crippen molar-refractivity contribution in [3.63, 3.8) is 0 Å². The van der Waals surface area contributed by atoms with E-state index in [-0.39, 0.29) is 11.9 Å². The van der Waals surface area contributed by atoms with Gasteiger partial charge in [0.2, 0.25) is 5.91 Å². The zero-order valence-corrected chi connectivity index (χ0v) is 16.0. The number of amides is 3. The van der Waals surface area contributed by atoms with Gasteiger partial charge in [-0.2, -0.15) is 0 Å². The molecule has 1 aromatic carbocycles. The number of nitrogens with one attached hydrogen (secondary N) is 1. The number of anilines is 1. The fraction of sp³-hybridized carbons (Fsp3) is 0.600. The van der Waals surface area contributed by atoms with Crippen molar-refractivity contribution in [3.8, 4) is 0 Å². The molecular weight excluding hydrogens is 350 g/mol. The molecular formula is C20H28ClN3O2. The summed E-state index contributed by atoms with van der Waals surface area (Å²) in [5.74, 6) is 0.695. The average molecular weight is 378 g/mol. The van der Waals surface area contributed by atoms with Gasteiger partial charge in [0.25, 0.3) is 0 Å². The molecule has 2 fully saturated rings. The maximum Gasteiger partial charge on any atom is 0.321 e. The number of hydrogen-bond donors (Lipinski definition) is 1. The van der Waals surface area contributed by atoms with Gasteiger partial charge in [-0.1, -0.05) is 11.6 Å². The topological polar surface area (TPSA) is 52.7 Å². The maximum atomic E-state index is 12.5. The standard InChI is InChI=1S/C20H28ClN3O2/c21-17-7-9-18(10-8-17)22-20(26)24-14-4-5-16(15-24)6-11-19(25)23-12-2-1-3-13-23/h7-10,16H,1-6,11-15H2,(H,22,26)/t16-/m0/s1. The molecule has 0 aromatic heterocycles. The predicted octanol–water partition coefficient (Wildman–Crippen LogP) is 4.38. The number of carbonyl (C=O) groups excluding carboxylic acids is 2. The first-order chi connectivity index (χ1) is 12.6. The lowest BCUT2D eigenvalue weighted by Gasteiger charge is -2.33. The van der Waals surface area contributed by atoms with Gasteiger partial charge in [0.1, 0.15) is 0 Å². The molecule has 3 rings (SSSR count). The Morgan fingerprint density at radius 2 is 1.69 bits per heavy atom. The number of likely N-dealkylation sites (tertiary alicyclic amines) is 2. The minimum atomic E-state index is -0.0700. The van der Waals surface area contributed by atoms with E-state index in [0.717, 1.165) is 64.0 Å². The highest BCUT2D eigenvalue weighted by Crippen LogP contribution is 2.23. The van der Waals surface area contributed by atoms with Crippen molar-refractivity contribution in [2.45, 2.75) is 44.9 Å². The fourth-order valence-electron chi connectivity index (χ4n) is 3.85. The van der Waals surface area contributed by atoms with E-state index < -0.39 is 0 Å². The van der Waals surface area contributed by atoms with Gasteiger partial charge in [0, 0.05) is 43.3 Å². The van der Waals surface area contributed by atoms with Crippen molar-refractivity contribution < 1.29 is 9.59 Å². The Morgan fingerprint density at radius 3 is 2.42 bits per heavy atom. The first-order valence-corrected chi connectivity index (χ1v) is 10.1. The van der Waals surface area contributed by atoms with E-state index >= 15 is 0 Å². The molecule has 2 aliphatic heterocycles. The fourth-order valence-corrected chi connectivity index (χ4v) is 3.98. The maximum absolute atomic E-state index is 12.5. The lowest BCUT2D eigenvalue weighted by molar-refractivity contribution is -0.132. The van der Waals surface area contributed by atoms with Crippen LogP contribution >= 0.6 is 11.6 Å². The van der Waals surface area contributed by atoms with Gasteiger partial charge >= 0.3 is 6.03 Å². The number of benzene rings is 1. The summed E-state index contributed by atoms with van der Waals surface area (Å²) in [5.41, 5.74) is 0.752. The van der Waals surface area contributed by atoms with Crippen LogP contribution in [0.3, 0.4) is 0 Å². The van der Waals surface area contributed by atoms with Gasteiger partial charge in [0.15, 0.2) is 0 Å². The van der Waals surface area contributed by atoms with E-state index in [9.17, 15) is 9.59 Å². The van der Waals surface area contributed by atoms with Crippen LogP contribution in [0.5, 0.6) is 0 Å². The number of hydrogen-bond acceptors (Lipinski definition) is 2. The van der Waals surface area contributed by atoms with Crippen molar-refractivity contribution in [2.75, 3.05) is 31.5 Å². The zero-order chi connectivity index (χ0) is 18.4. The number of urea groups is 1. The normalized spacial score (nSPS) is 20.7. The third kappa shape index (κ3) is 5.37. The highest BCUT2D eigenvalue weighted by Gasteiger charge is 2.25. The van der Waals surface area contributed by atoms with E-state index in [1.165, 1.54) is 6.42 Å². The first-order valence-electron chi connectivity index (χ1n) is 9.71. The molecule has 0 radical (unpaired) electrons. The Kier molecular flexibility index (Phi) is 6.78. The zero-order valence-electron chi connectivity index (χ0n) is 15.3. The van der Waals surface area contributed by atoms with Crippen molar-refractivity contribution in [1.82, 2.24) is 9.80 Å². The number of carbonyl (C=O) groups is 2. The molecule has 0 aliphatic carbocycles. The highest BCUT2D eigenvalue weighted by atomic mass is 35.5. The van der Waals surface area contributed by atoms with Crippen LogP contribution in [-0.4, -0.2) is 47.9 Å². The number of piperidine rings is 2. The molecule has 0 bridgehead atoms. The lowest BCUT2D eigenvalue weighted by Crippen LogP contribution is -2.42. The molecule has 1 atom stereocenters. The van der Waals surface area contributed by atoms with Crippen molar-refractivity contribution in [1.29, 1.82) is 0 Å². The summed E-state index contributed by atoms with van der Waals surface area (Å²) in [6, 6.07) is 7.07. The lowest BCUT2D eigenvalue weighted by atomic mass is 9.93. The molecule has 26 heavy (non-hydrogen) atoms. The van der Waals surface area contributed by atoms with Crippen LogP contribution in [0.15, 0.2) is 24.3 Å². The van der Waals surface area contributed by atoms with Crippen LogP contribution in [0.25, 0.3) is 0 Å². The van der Waals surface area contributed by atoms with Crippen LogP contribution in [0.4, 0.5) is 10.5 Å². The molecule has 0 unspecified atom stereocenters. The molecule has 5 nitrogen and oxygen atoms in total. The Labute approximate surface area is 160 Å². The van der Waals surface area contributed by atoms with E-state index in [1.807, 2.05) is 9.80 Å². The van der Waals surface area contributed by atoms with Crippen LogP contribution in [0, 0.1) is 5.92 Å². The van der Waals surface area contributed by atoms with Crippen molar-refractivity contribution in [2.24, 2.45) is 5.92 Å². The summed E-state index contributed by atoms with van der Waals surface area (Å²) in [6.07, 6.45) is 7.08. The monoisotopic (exact) mass is 377 g/mol. The van der Waals surface area contributed by atoms with Crippen molar-refractivity contribution in [3.05, 3.63) is 29.3 Å². The minimum Gasteiger partial charge on any atom is -0.343 e. The second-order valence-electron chi connectivity index (χ2n) is 7.37. The molecule has 6 heteroatoms. The summed E-state index contributed by atoms with van der Waals surface area (Å²) in [7, 11) is 0. The van der Waals surface area contributed by atoms with Crippen LogP contribution in [0.1, 0.15) is 44.9 Å². The van der Waals surface area contributed by atoms with E-state index in [2.05, 4.69) is 5.32 Å². The van der Waals surface area contributed by atoms with Gasteiger partial charge in [-0.25, -0.2) is 4.79 Å². The summed E-state index contributed by atoms with van der Waals surface area (Å²) in [4.78, 5) is 28.7.